The van der Waals surface area contributed by atoms with Crippen molar-refractivity contribution in [3.8, 4) is 0 Å². The molecule has 6 unspecified atom stereocenters. The maximum absolute atomic E-state index is 9.89. The van der Waals surface area contributed by atoms with Crippen molar-refractivity contribution in [1.29, 1.82) is 0 Å². The summed E-state index contributed by atoms with van der Waals surface area (Å²) in [7, 11) is 0. The van der Waals surface area contributed by atoms with Crippen molar-refractivity contribution in [2.45, 2.75) is 77.6 Å². The maximum atomic E-state index is 9.89. The van der Waals surface area contributed by atoms with Crippen molar-refractivity contribution in [2.75, 3.05) is 0 Å². The number of aliphatic hydroxyl groups excluding tert-OH is 1. The molecule has 0 aromatic heterocycles. The summed E-state index contributed by atoms with van der Waals surface area (Å²) >= 11 is 0. The van der Waals surface area contributed by atoms with Crippen LogP contribution in [0.4, 0.5) is 0 Å². The molecular formula is C17H30O2. The SMILES string of the molecule is CC1CC(O)CC(C)C1CC1CC(C)C2OC2(C)C1. The maximum Gasteiger partial charge on any atom is 0.0925 e. The Kier molecular flexibility index (Phi) is 3.46. The van der Waals surface area contributed by atoms with Gasteiger partial charge in [-0.3, -0.25) is 0 Å². The van der Waals surface area contributed by atoms with E-state index in [-0.39, 0.29) is 11.7 Å². The lowest BCUT2D eigenvalue weighted by Gasteiger charge is -2.40. The topological polar surface area (TPSA) is 32.8 Å². The molecular weight excluding hydrogens is 236 g/mol. The summed E-state index contributed by atoms with van der Waals surface area (Å²) in [6.45, 7) is 9.35. The predicted molar refractivity (Wildman–Crippen MR) is 76.8 cm³/mol. The molecule has 3 aliphatic rings. The van der Waals surface area contributed by atoms with Crippen LogP contribution < -0.4 is 0 Å². The normalized spacial score (nSPS) is 57.6. The molecule has 2 aliphatic carbocycles. The Morgan fingerprint density at radius 3 is 2.26 bits per heavy atom. The molecule has 110 valence electrons. The van der Waals surface area contributed by atoms with Gasteiger partial charge < -0.3 is 9.84 Å². The fraction of sp³-hybridized carbons (Fsp3) is 1.00. The number of rotatable bonds is 2. The zero-order valence-electron chi connectivity index (χ0n) is 12.9. The summed E-state index contributed by atoms with van der Waals surface area (Å²) in [5, 5.41) is 9.89. The van der Waals surface area contributed by atoms with E-state index in [1.165, 1.54) is 19.3 Å². The predicted octanol–water partition coefficient (Wildman–Crippen LogP) is 3.62. The van der Waals surface area contributed by atoms with Gasteiger partial charge >= 0.3 is 0 Å². The lowest BCUT2D eigenvalue weighted by molar-refractivity contribution is 0.0254. The third kappa shape index (κ3) is 2.58. The van der Waals surface area contributed by atoms with Gasteiger partial charge in [0, 0.05) is 0 Å². The number of aliphatic hydroxyl groups is 1. The second-order valence-electron chi connectivity index (χ2n) is 8.11. The zero-order chi connectivity index (χ0) is 13.8. The molecule has 0 radical (unpaired) electrons. The summed E-state index contributed by atoms with van der Waals surface area (Å²) < 4.78 is 5.93. The van der Waals surface area contributed by atoms with Gasteiger partial charge in [0.2, 0.25) is 0 Å². The van der Waals surface area contributed by atoms with E-state index in [1.807, 2.05) is 0 Å². The van der Waals surface area contributed by atoms with E-state index in [9.17, 15) is 5.11 Å². The number of hydrogen-bond acceptors (Lipinski definition) is 2. The second-order valence-corrected chi connectivity index (χ2v) is 8.11. The molecule has 0 aromatic carbocycles. The molecule has 1 saturated heterocycles. The first kappa shape index (κ1) is 13.9. The van der Waals surface area contributed by atoms with Gasteiger partial charge in [-0.15, -0.1) is 0 Å². The Bertz CT molecular complexity index is 330. The van der Waals surface area contributed by atoms with Gasteiger partial charge in [0.25, 0.3) is 0 Å². The Labute approximate surface area is 117 Å². The highest BCUT2D eigenvalue weighted by Gasteiger charge is 2.58. The smallest absolute Gasteiger partial charge is 0.0925 e. The van der Waals surface area contributed by atoms with Crippen LogP contribution in [0.15, 0.2) is 0 Å². The van der Waals surface area contributed by atoms with Gasteiger partial charge in [0.05, 0.1) is 17.8 Å². The zero-order valence-corrected chi connectivity index (χ0v) is 12.9. The lowest BCUT2D eigenvalue weighted by atomic mass is 9.65. The molecule has 2 saturated carbocycles. The Morgan fingerprint density at radius 1 is 1.05 bits per heavy atom. The Balaban J connectivity index is 1.61. The summed E-state index contributed by atoms with van der Waals surface area (Å²) in [4.78, 5) is 0. The molecule has 0 bridgehead atoms. The average Bonchev–Trinajstić information content (AvgIpc) is 2.96. The molecule has 2 heteroatoms. The molecule has 1 aliphatic heterocycles. The fourth-order valence-corrected chi connectivity index (χ4v) is 5.34. The number of epoxide rings is 1. The first-order valence-corrected chi connectivity index (χ1v) is 8.25. The highest BCUT2D eigenvalue weighted by Crippen LogP contribution is 2.54. The van der Waals surface area contributed by atoms with Gasteiger partial charge in [-0.2, -0.15) is 0 Å². The summed E-state index contributed by atoms with van der Waals surface area (Å²) in [5.74, 6) is 3.74. The van der Waals surface area contributed by atoms with Gasteiger partial charge in [0.1, 0.15) is 0 Å². The van der Waals surface area contributed by atoms with Crippen molar-refractivity contribution in [3.05, 3.63) is 0 Å². The van der Waals surface area contributed by atoms with E-state index in [1.54, 1.807) is 0 Å². The molecule has 1 heterocycles. The van der Waals surface area contributed by atoms with E-state index in [4.69, 9.17) is 4.74 Å². The summed E-state index contributed by atoms with van der Waals surface area (Å²) in [6, 6.07) is 0. The highest BCUT2D eigenvalue weighted by molar-refractivity contribution is 5.07. The molecule has 3 rings (SSSR count). The van der Waals surface area contributed by atoms with Crippen LogP contribution in [-0.4, -0.2) is 22.9 Å². The largest absolute Gasteiger partial charge is 0.393 e. The number of hydrogen-bond donors (Lipinski definition) is 1. The number of ether oxygens (including phenoxy) is 1. The molecule has 0 amide bonds. The first-order chi connectivity index (χ1) is 8.89. The number of fused-ring (bicyclic) bond motifs is 1. The third-order valence-electron chi connectivity index (χ3n) is 6.21. The van der Waals surface area contributed by atoms with Gasteiger partial charge in [0.15, 0.2) is 0 Å². The van der Waals surface area contributed by atoms with Crippen LogP contribution in [0.5, 0.6) is 0 Å². The van der Waals surface area contributed by atoms with Crippen LogP contribution in [0, 0.1) is 29.6 Å². The third-order valence-corrected chi connectivity index (χ3v) is 6.21. The van der Waals surface area contributed by atoms with E-state index in [0.717, 1.165) is 30.6 Å². The lowest BCUT2D eigenvalue weighted by Crippen LogP contribution is -2.36. The summed E-state index contributed by atoms with van der Waals surface area (Å²) in [5.41, 5.74) is 0.211. The molecule has 3 fully saturated rings. The minimum Gasteiger partial charge on any atom is -0.393 e. The first-order valence-electron chi connectivity index (χ1n) is 8.25. The van der Waals surface area contributed by atoms with Crippen LogP contribution >= 0.6 is 0 Å². The Morgan fingerprint density at radius 2 is 1.68 bits per heavy atom. The van der Waals surface area contributed by atoms with Crippen molar-refractivity contribution in [3.63, 3.8) is 0 Å². The average molecular weight is 266 g/mol. The van der Waals surface area contributed by atoms with Gasteiger partial charge in [-0.1, -0.05) is 20.8 Å². The van der Waals surface area contributed by atoms with Crippen LogP contribution in [0.25, 0.3) is 0 Å². The van der Waals surface area contributed by atoms with Gasteiger partial charge in [-0.25, -0.2) is 0 Å². The van der Waals surface area contributed by atoms with E-state index >= 15 is 0 Å². The standard InChI is InChI=1S/C17H30O2/c1-10-6-14(18)7-11(2)15(10)8-13-5-12(3)16-17(4,9-13)19-16/h10-16,18H,5-9H2,1-4H3. The summed E-state index contributed by atoms with van der Waals surface area (Å²) in [6.07, 6.45) is 6.47. The van der Waals surface area contributed by atoms with Crippen LogP contribution in [0.1, 0.15) is 59.8 Å². The van der Waals surface area contributed by atoms with E-state index in [2.05, 4.69) is 27.7 Å². The second kappa shape index (κ2) is 4.73. The molecule has 0 aromatic rings. The molecule has 19 heavy (non-hydrogen) atoms. The Hall–Kier alpha value is -0.0800. The van der Waals surface area contributed by atoms with Crippen molar-refractivity contribution in [2.24, 2.45) is 29.6 Å². The minimum absolute atomic E-state index is 0.0554. The highest BCUT2D eigenvalue weighted by atomic mass is 16.6. The van der Waals surface area contributed by atoms with Crippen LogP contribution in [0.2, 0.25) is 0 Å². The monoisotopic (exact) mass is 266 g/mol. The molecule has 1 N–H and O–H groups in total. The van der Waals surface area contributed by atoms with Crippen LogP contribution in [-0.2, 0) is 4.74 Å². The molecule has 2 nitrogen and oxygen atoms in total. The van der Waals surface area contributed by atoms with Crippen molar-refractivity contribution in [1.82, 2.24) is 0 Å². The fourth-order valence-electron chi connectivity index (χ4n) is 5.34. The van der Waals surface area contributed by atoms with Crippen molar-refractivity contribution >= 4 is 0 Å². The van der Waals surface area contributed by atoms with Crippen LogP contribution in [0.3, 0.4) is 0 Å². The van der Waals surface area contributed by atoms with E-state index < -0.39 is 0 Å². The molecule has 6 atom stereocenters. The molecule has 0 spiro atoms. The van der Waals surface area contributed by atoms with Gasteiger partial charge in [-0.05, 0) is 68.6 Å². The quantitative estimate of drug-likeness (QED) is 0.774. The minimum atomic E-state index is -0.0554. The van der Waals surface area contributed by atoms with E-state index in [0.29, 0.717) is 17.9 Å². The van der Waals surface area contributed by atoms with Crippen molar-refractivity contribution < 1.29 is 9.84 Å².